The summed E-state index contributed by atoms with van der Waals surface area (Å²) in [5, 5.41) is 4.37. The van der Waals surface area contributed by atoms with Crippen molar-refractivity contribution in [1.29, 1.82) is 0 Å². The maximum absolute atomic E-state index is 12.8. The third-order valence-electron chi connectivity index (χ3n) is 2.90. The number of nitrogens with one attached hydrogen (secondary N) is 1. The van der Waals surface area contributed by atoms with Crippen LogP contribution >= 0.6 is 11.3 Å². The van der Waals surface area contributed by atoms with Crippen LogP contribution < -0.4 is 11.1 Å². The van der Waals surface area contributed by atoms with E-state index >= 15 is 0 Å². The summed E-state index contributed by atoms with van der Waals surface area (Å²) in [7, 11) is 0. The molecule has 1 heterocycles. The van der Waals surface area contributed by atoms with E-state index in [0.717, 1.165) is 23.5 Å². The van der Waals surface area contributed by atoms with Gasteiger partial charge >= 0.3 is 5.97 Å². The number of rotatable bonds is 5. The van der Waals surface area contributed by atoms with Crippen LogP contribution in [-0.4, -0.2) is 23.9 Å². The minimum Gasteiger partial charge on any atom is -0.449 e. The van der Waals surface area contributed by atoms with Crippen molar-refractivity contribution in [3.63, 3.8) is 0 Å². The lowest BCUT2D eigenvalue weighted by Crippen LogP contribution is -2.30. The molecule has 6 nitrogen and oxygen atoms in total. The van der Waals surface area contributed by atoms with Gasteiger partial charge in [-0.25, -0.2) is 9.18 Å². The summed E-state index contributed by atoms with van der Waals surface area (Å²) in [5.41, 5.74) is 5.49. The zero-order valence-corrected chi connectivity index (χ0v) is 12.9. The average Bonchev–Trinajstić information content (AvgIpc) is 2.96. The molecule has 23 heavy (non-hydrogen) atoms. The van der Waals surface area contributed by atoms with Crippen LogP contribution in [0.3, 0.4) is 0 Å². The number of esters is 1. The lowest BCUT2D eigenvalue weighted by atomic mass is 10.2. The van der Waals surface area contributed by atoms with Gasteiger partial charge in [0.1, 0.15) is 10.8 Å². The maximum atomic E-state index is 12.8. The molecule has 0 aliphatic carbocycles. The number of ether oxygens (including phenoxy) is 1. The molecule has 1 atom stereocenters. The molecule has 1 aromatic heterocycles. The summed E-state index contributed by atoms with van der Waals surface area (Å²) < 4.78 is 17.8. The van der Waals surface area contributed by atoms with Gasteiger partial charge in [-0.15, -0.1) is 11.3 Å². The Morgan fingerprint density at radius 3 is 2.48 bits per heavy atom. The maximum Gasteiger partial charge on any atom is 0.338 e. The van der Waals surface area contributed by atoms with Crippen molar-refractivity contribution >= 4 is 34.1 Å². The smallest absolute Gasteiger partial charge is 0.338 e. The number of amides is 2. The summed E-state index contributed by atoms with van der Waals surface area (Å²) >= 11 is 1.13. The highest BCUT2D eigenvalue weighted by atomic mass is 32.1. The Hall–Kier alpha value is -2.74. The van der Waals surface area contributed by atoms with Gasteiger partial charge in [0.05, 0.1) is 11.1 Å². The van der Waals surface area contributed by atoms with Crippen molar-refractivity contribution in [2.24, 2.45) is 5.73 Å². The molecule has 0 fully saturated rings. The number of benzene rings is 1. The lowest BCUT2D eigenvalue weighted by Gasteiger charge is -2.13. The largest absolute Gasteiger partial charge is 0.449 e. The van der Waals surface area contributed by atoms with E-state index in [4.69, 9.17) is 10.5 Å². The molecule has 120 valence electrons. The molecule has 0 radical (unpaired) electrons. The van der Waals surface area contributed by atoms with E-state index in [1.54, 1.807) is 5.38 Å². The Labute approximate surface area is 135 Å². The molecule has 3 N–H and O–H groups in total. The molecule has 0 aliphatic heterocycles. The number of anilines is 1. The average molecular weight is 336 g/mol. The normalized spacial score (nSPS) is 11.6. The van der Waals surface area contributed by atoms with Gasteiger partial charge in [-0.3, -0.25) is 9.59 Å². The molecule has 8 heteroatoms. The molecule has 2 aromatic rings. The molecule has 2 amide bonds. The second kappa shape index (κ2) is 7.01. The van der Waals surface area contributed by atoms with E-state index in [0.29, 0.717) is 0 Å². The Balaban J connectivity index is 1.99. The molecule has 0 bridgehead atoms. The summed E-state index contributed by atoms with van der Waals surface area (Å²) in [6.07, 6.45) is -1.10. The second-order valence-electron chi connectivity index (χ2n) is 4.57. The molecule has 1 aromatic carbocycles. The van der Waals surface area contributed by atoms with Crippen LogP contribution in [0, 0.1) is 5.82 Å². The summed E-state index contributed by atoms with van der Waals surface area (Å²) in [6, 6.07) is 6.23. The number of thiophene rings is 1. The number of carbonyl (C=O) groups excluding carboxylic acids is 3. The van der Waals surface area contributed by atoms with Crippen molar-refractivity contribution in [3.8, 4) is 0 Å². The number of hydrogen-bond acceptors (Lipinski definition) is 5. The van der Waals surface area contributed by atoms with Crippen molar-refractivity contribution in [2.75, 3.05) is 5.32 Å². The first-order chi connectivity index (χ1) is 10.9. The van der Waals surface area contributed by atoms with Gasteiger partial charge in [0.2, 0.25) is 0 Å². The Bertz CT molecular complexity index is 742. The molecule has 2 rings (SSSR count). The molecule has 0 saturated heterocycles. The fraction of sp³-hybridized carbons (Fsp3) is 0.133. The first-order valence-electron chi connectivity index (χ1n) is 6.53. The van der Waals surface area contributed by atoms with E-state index < -0.39 is 29.7 Å². The fourth-order valence-electron chi connectivity index (χ4n) is 1.68. The Morgan fingerprint density at radius 2 is 1.87 bits per heavy atom. The van der Waals surface area contributed by atoms with Crippen molar-refractivity contribution in [2.45, 2.75) is 13.0 Å². The highest BCUT2D eigenvalue weighted by molar-refractivity contribution is 7.14. The molecular formula is C15H13FN2O4S. The molecule has 0 aliphatic rings. The number of halogens is 1. The highest BCUT2D eigenvalue weighted by Crippen LogP contribution is 2.23. The van der Waals surface area contributed by atoms with Gasteiger partial charge in [0.15, 0.2) is 6.10 Å². The minimum atomic E-state index is -1.10. The van der Waals surface area contributed by atoms with E-state index in [2.05, 4.69) is 5.32 Å². The fourth-order valence-corrected chi connectivity index (χ4v) is 2.48. The monoisotopic (exact) mass is 336 g/mol. The predicted octanol–water partition coefficient (Wildman–Crippen LogP) is 2.17. The predicted molar refractivity (Wildman–Crippen MR) is 82.7 cm³/mol. The van der Waals surface area contributed by atoms with Crippen LogP contribution in [0.25, 0.3) is 0 Å². The van der Waals surface area contributed by atoms with Crippen LogP contribution in [-0.2, 0) is 9.53 Å². The van der Waals surface area contributed by atoms with Crippen LogP contribution in [0.1, 0.15) is 27.6 Å². The van der Waals surface area contributed by atoms with E-state index in [1.807, 2.05) is 0 Å². The van der Waals surface area contributed by atoms with E-state index in [1.165, 1.54) is 25.1 Å². The molecule has 0 saturated carbocycles. The SMILES string of the molecule is CC(OC(=O)c1ccc(F)cc1)C(=O)Nc1sccc1C(N)=O. The Kier molecular flexibility index (Phi) is 5.07. The highest BCUT2D eigenvalue weighted by Gasteiger charge is 2.21. The quantitative estimate of drug-likeness (QED) is 0.818. The zero-order chi connectivity index (χ0) is 17.0. The van der Waals surface area contributed by atoms with Crippen LogP contribution in [0.4, 0.5) is 9.39 Å². The standard InChI is InChI=1S/C15H13FN2O4S/c1-8(22-15(21)9-2-4-10(16)5-3-9)13(20)18-14-11(12(17)19)6-7-23-14/h2-8H,1H3,(H2,17,19)(H,18,20). The van der Waals surface area contributed by atoms with Crippen molar-refractivity contribution in [1.82, 2.24) is 0 Å². The first-order valence-corrected chi connectivity index (χ1v) is 7.41. The number of nitrogens with two attached hydrogens (primary N) is 1. The molecule has 0 spiro atoms. The number of carbonyl (C=O) groups is 3. The van der Waals surface area contributed by atoms with Gasteiger partial charge in [-0.1, -0.05) is 0 Å². The zero-order valence-electron chi connectivity index (χ0n) is 12.0. The lowest BCUT2D eigenvalue weighted by molar-refractivity contribution is -0.123. The van der Waals surface area contributed by atoms with E-state index in [-0.39, 0.29) is 16.1 Å². The van der Waals surface area contributed by atoms with Gasteiger partial charge in [0, 0.05) is 0 Å². The van der Waals surface area contributed by atoms with Gasteiger partial charge in [-0.2, -0.15) is 0 Å². The first kappa shape index (κ1) is 16.6. The Morgan fingerprint density at radius 1 is 1.22 bits per heavy atom. The summed E-state index contributed by atoms with van der Waals surface area (Å²) in [5.74, 6) is -2.51. The van der Waals surface area contributed by atoms with Gasteiger partial charge < -0.3 is 15.8 Å². The minimum absolute atomic E-state index is 0.125. The van der Waals surface area contributed by atoms with Gasteiger partial charge in [-0.05, 0) is 42.6 Å². The molecular weight excluding hydrogens is 323 g/mol. The third kappa shape index (κ3) is 4.13. The van der Waals surface area contributed by atoms with Crippen LogP contribution in [0.5, 0.6) is 0 Å². The number of primary amides is 1. The summed E-state index contributed by atoms with van der Waals surface area (Å²) in [6.45, 7) is 1.38. The van der Waals surface area contributed by atoms with Crippen molar-refractivity contribution < 1.29 is 23.5 Å². The number of hydrogen-bond donors (Lipinski definition) is 2. The van der Waals surface area contributed by atoms with E-state index in [9.17, 15) is 18.8 Å². The van der Waals surface area contributed by atoms with Crippen molar-refractivity contribution in [3.05, 3.63) is 52.7 Å². The van der Waals surface area contributed by atoms with Gasteiger partial charge in [0.25, 0.3) is 11.8 Å². The van der Waals surface area contributed by atoms with Crippen LogP contribution in [0.2, 0.25) is 0 Å². The summed E-state index contributed by atoms with van der Waals surface area (Å²) in [4.78, 5) is 35.1. The second-order valence-corrected chi connectivity index (χ2v) is 5.49. The topological polar surface area (TPSA) is 98.5 Å². The molecule has 1 unspecified atom stereocenters. The third-order valence-corrected chi connectivity index (χ3v) is 3.73. The van der Waals surface area contributed by atoms with Crippen LogP contribution in [0.15, 0.2) is 35.7 Å².